The molecule has 74 valence electrons. The van der Waals surface area contributed by atoms with Crippen molar-refractivity contribution in [2.24, 2.45) is 5.73 Å². The second kappa shape index (κ2) is 4.95. The van der Waals surface area contributed by atoms with Crippen LogP contribution < -0.4 is 11.0 Å². The summed E-state index contributed by atoms with van der Waals surface area (Å²) >= 11 is 0. The second-order valence-electron chi connectivity index (χ2n) is 3.04. The normalized spacial score (nSPS) is 14.3. The van der Waals surface area contributed by atoms with Crippen LogP contribution in [-0.4, -0.2) is 12.4 Å². The lowest BCUT2D eigenvalue weighted by Gasteiger charge is -2.14. The maximum absolute atomic E-state index is 12.3. The zero-order valence-corrected chi connectivity index (χ0v) is 8.78. The Kier molecular flexibility index (Phi) is 3.88. The summed E-state index contributed by atoms with van der Waals surface area (Å²) in [5.41, 5.74) is 5.51. The molecule has 1 aromatic carbocycles. The van der Waals surface area contributed by atoms with Crippen LogP contribution in [0.4, 0.5) is 0 Å². The number of benzene rings is 1. The van der Waals surface area contributed by atoms with E-state index >= 15 is 0 Å². The standard InChI is InChI=1S/C10H13N2OP/c11-7-4-8-14(13,9-12)10-5-2-1-3-6-10/h1-3,5-6H,4,8-9,12H2. The third-order valence-corrected chi connectivity index (χ3v) is 4.88. The summed E-state index contributed by atoms with van der Waals surface area (Å²) in [6.45, 7) is 0. The predicted octanol–water partition coefficient (Wildman–Crippen LogP) is 1.50. The van der Waals surface area contributed by atoms with E-state index in [1.165, 1.54) is 0 Å². The maximum atomic E-state index is 12.3. The van der Waals surface area contributed by atoms with Crippen LogP contribution in [0.1, 0.15) is 6.42 Å². The van der Waals surface area contributed by atoms with Gasteiger partial charge in [0.05, 0.1) is 12.4 Å². The van der Waals surface area contributed by atoms with Gasteiger partial charge in [0.25, 0.3) is 0 Å². The first-order valence-corrected chi connectivity index (χ1v) is 6.51. The van der Waals surface area contributed by atoms with Gasteiger partial charge in [-0.25, -0.2) is 0 Å². The summed E-state index contributed by atoms with van der Waals surface area (Å²) < 4.78 is 12.3. The molecule has 0 fully saturated rings. The van der Waals surface area contributed by atoms with Gasteiger partial charge in [0.1, 0.15) is 7.14 Å². The highest BCUT2D eigenvalue weighted by Gasteiger charge is 2.21. The van der Waals surface area contributed by atoms with Crippen molar-refractivity contribution in [2.45, 2.75) is 6.42 Å². The van der Waals surface area contributed by atoms with E-state index in [2.05, 4.69) is 0 Å². The lowest BCUT2D eigenvalue weighted by atomic mass is 10.4. The molecule has 0 bridgehead atoms. The number of hydrogen-bond donors (Lipinski definition) is 1. The molecule has 2 N–H and O–H groups in total. The molecular formula is C10H13N2OP. The Morgan fingerprint density at radius 3 is 2.50 bits per heavy atom. The largest absolute Gasteiger partial charge is 0.324 e. The van der Waals surface area contributed by atoms with Crippen LogP contribution in [-0.2, 0) is 4.57 Å². The first-order valence-electron chi connectivity index (χ1n) is 4.43. The molecule has 0 saturated carbocycles. The molecular weight excluding hydrogens is 195 g/mol. The highest BCUT2D eigenvalue weighted by atomic mass is 31.2. The molecule has 1 rings (SSSR count). The van der Waals surface area contributed by atoms with Crippen LogP contribution in [0, 0.1) is 11.3 Å². The van der Waals surface area contributed by atoms with Crippen molar-refractivity contribution in [2.75, 3.05) is 12.4 Å². The maximum Gasteiger partial charge on any atom is 0.129 e. The van der Waals surface area contributed by atoms with Crippen molar-refractivity contribution in [3.05, 3.63) is 30.3 Å². The lowest BCUT2D eigenvalue weighted by molar-refractivity contribution is 0.581. The number of nitrogens with two attached hydrogens (primary N) is 1. The molecule has 1 aromatic rings. The van der Waals surface area contributed by atoms with E-state index in [9.17, 15) is 4.57 Å². The zero-order valence-electron chi connectivity index (χ0n) is 7.89. The fraction of sp³-hybridized carbons (Fsp3) is 0.300. The second-order valence-corrected chi connectivity index (χ2v) is 6.15. The van der Waals surface area contributed by atoms with Gasteiger partial charge < -0.3 is 10.3 Å². The number of rotatable bonds is 4. The van der Waals surface area contributed by atoms with Gasteiger partial charge >= 0.3 is 0 Å². The van der Waals surface area contributed by atoms with Crippen molar-refractivity contribution in [3.8, 4) is 6.07 Å². The Hall–Kier alpha value is -1.10. The van der Waals surface area contributed by atoms with E-state index in [0.29, 0.717) is 12.6 Å². The molecule has 0 heterocycles. The van der Waals surface area contributed by atoms with Crippen LogP contribution in [0.2, 0.25) is 0 Å². The van der Waals surface area contributed by atoms with E-state index in [1.54, 1.807) is 0 Å². The molecule has 14 heavy (non-hydrogen) atoms. The van der Waals surface area contributed by atoms with Crippen LogP contribution in [0.3, 0.4) is 0 Å². The zero-order chi connectivity index (χ0) is 10.4. The quantitative estimate of drug-likeness (QED) is 0.762. The van der Waals surface area contributed by atoms with E-state index in [1.807, 2.05) is 36.4 Å². The highest BCUT2D eigenvalue weighted by molar-refractivity contribution is 7.71. The molecule has 1 unspecified atom stereocenters. The topological polar surface area (TPSA) is 66.9 Å². The Morgan fingerprint density at radius 2 is 2.00 bits per heavy atom. The van der Waals surface area contributed by atoms with Gasteiger partial charge in [-0.15, -0.1) is 0 Å². The van der Waals surface area contributed by atoms with Crippen molar-refractivity contribution >= 4 is 12.4 Å². The lowest BCUT2D eigenvalue weighted by Crippen LogP contribution is -2.15. The Morgan fingerprint density at radius 1 is 1.36 bits per heavy atom. The molecule has 0 radical (unpaired) electrons. The van der Waals surface area contributed by atoms with Gasteiger partial charge in [0, 0.05) is 17.9 Å². The number of hydrogen-bond acceptors (Lipinski definition) is 3. The van der Waals surface area contributed by atoms with Gasteiger partial charge in [-0.2, -0.15) is 5.26 Å². The molecule has 0 aliphatic heterocycles. The number of nitriles is 1. The SMILES string of the molecule is N#CCCP(=O)(CN)c1ccccc1. The Bertz CT molecular complexity index is 369. The summed E-state index contributed by atoms with van der Waals surface area (Å²) in [4.78, 5) is 0. The van der Waals surface area contributed by atoms with E-state index in [4.69, 9.17) is 11.0 Å². The summed E-state index contributed by atoms with van der Waals surface area (Å²) in [6, 6.07) is 11.2. The predicted molar refractivity (Wildman–Crippen MR) is 57.8 cm³/mol. The first-order chi connectivity index (χ1) is 6.73. The molecule has 0 spiro atoms. The summed E-state index contributed by atoms with van der Waals surface area (Å²) in [5, 5.41) is 9.24. The van der Waals surface area contributed by atoms with Crippen LogP contribution in [0.15, 0.2) is 30.3 Å². The molecule has 4 heteroatoms. The van der Waals surface area contributed by atoms with E-state index in [0.717, 1.165) is 5.30 Å². The van der Waals surface area contributed by atoms with Crippen LogP contribution in [0.5, 0.6) is 0 Å². The summed E-state index contributed by atoms with van der Waals surface area (Å²) in [5.74, 6) is 0. The molecule has 0 amide bonds. The fourth-order valence-corrected chi connectivity index (χ4v) is 3.08. The monoisotopic (exact) mass is 208 g/mol. The minimum Gasteiger partial charge on any atom is -0.324 e. The van der Waals surface area contributed by atoms with Gasteiger partial charge in [0.15, 0.2) is 0 Å². The Labute approximate surface area is 83.9 Å². The summed E-state index contributed by atoms with van der Waals surface area (Å²) in [6.07, 6.45) is 0.812. The third kappa shape index (κ3) is 2.45. The molecule has 0 aliphatic rings. The van der Waals surface area contributed by atoms with Crippen molar-refractivity contribution in [1.82, 2.24) is 0 Å². The van der Waals surface area contributed by atoms with Crippen molar-refractivity contribution < 1.29 is 4.57 Å². The van der Waals surface area contributed by atoms with Gasteiger partial charge in [-0.1, -0.05) is 30.3 Å². The molecule has 0 saturated heterocycles. The number of nitrogens with zero attached hydrogens (tertiary/aromatic N) is 1. The van der Waals surface area contributed by atoms with E-state index in [-0.39, 0.29) is 6.29 Å². The minimum atomic E-state index is -2.51. The molecule has 1 atom stereocenters. The highest BCUT2D eigenvalue weighted by Crippen LogP contribution is 2.42. The van der Waals surface area contributed by atoms with E-state index < -0.39 is 7.14 Å². The van der Waals surface area contributed by atoms with Gasteiger partial charge in [0.2, 0.25) is 0 Å². The summed E-state index contributed by atoms with van der Waals surface area (Å²) in [7, 11) is -2.51. The first kappa shape index (κ1) is 11.0. The van der Waals surface area contributed by atoms with Crippen molar-refractivity contribution in [1.29, 1.82) is 5.26 Å². The average molecular weight is 208 g/mol. The third-order valence-electron chi connectivity index (χ3n) is 2.11. The smallest absolute Gasteiger partial charge is 0.129 e. The van der Waals surface area contributed by atoms with Gasteiger partial charge in [-0.05, 0) is 0 Å². The average Bonchev–Trinajstić information content (AvgIpc) is 2.27. The van der Waals surface area contributed by atoms with Crippen LogP contribution >= 0.6 is 7.14 Å². The Balaban J connectivity index is 2.92. The fourth-order valence-electron chi connectivity index (χ4n) is 1.26. The molecule has 3 nitrogen and oxygen atoms in total. The van der Waals surface area contributed by atoms with Crippen molar-refractivity contribution in [3.63, 3.8) is 0 Å². The van der Waals surface area contributed by atoms with Gasteiger partial charge in [-0.3, -0.25) is 0 Å². The molecule has 0 aromatic heterocycles. The molecule has 0 aliphatic carbocycles. The van der Waals surface area contributed by atoms with Crippen LogP contribution in [0.25, 0.3) is 0 Å². The minimum absolute atomic E-state index is 0.138.